The van der Waals surface area contributed by atoms with Crippen LogP contribution >= 0.6 is 0 Å². The molecule has 1 aromatic heterocycles. The zero-order chi connectivity index (χ0) is 23.7. The van der Waals surface area contributed by atoms with Crippen LogP contribution in [-0.2, 0) is 9.59 Å². The number of nitrogens with one attached hydrogen (secondary N) is 1. The Morgan fingerprint density at radius 3 is 2.38 bits per heavy atom. The van der Waals surface area contributed by atoms with Gasteiger partial charge in [0.1, 0.15) is 17.1 Å². The van der Waals surface area contributed by atoms with Gasteiger partial charge in [-0.25, -0.2) is 4.79 Å². The van der Waals surface area contributed by atoms with Crippen molar-refractivity contribution in [1.82, 2.24) is 0 Å². The van der Waals surface area contributed by atoms with Crippen LogP contribution in [0, 0.1) is 0 Å². The molecule has 170 valence electrons. The lowest BCUT2D eigenvalue weighted by atomic mass is 9.88. The number of benzene rings is 3. The van der Waals surface area contributed by atoms with E-state index in [2.05, 4.69) is 5.32 Å². The van der Waals surface area contributed by atoms with Crippen LogP contribution in [0.15, 0.2) is 88.1 Å². The molecule has 2 amide bonds. The van der Waals surface area contributed by atoms with Crippen molar-refractivity contribution in [3.8, 4) is 11.5 Å². The summed E-state index contributed by atoms with van der Waals surface area (Å²) in [6.45, 7) is -0.258. The van der Waals surface area contributed by atoms with Crippen LogP contribution in [-0.4, -0.2) is 24.5 Å². The van der Waals surface area contributed by atoms with Crippen LogP contribution in [0.1, 0.15) is 17.0 Å². The largest absolute Gasteiger partial charge is 0.484 e. The van der Waals surface area contributed by atoms with Gasteiger partial charge in [0, 0.05) is 5.69 Å². The summed E-state index contributed by atoms with van der Waals surface area (Å²) in [4.78, 5) is 37.3. The average Bonchev–Trinajstić information content (AvgIpc) is 3.26. The van der Waals surface area contributed by atoms with Crippen LogP contribution < -0.4 is 26.1 Å². The van der Waals surface area contributed by atoms with Crippen molar-refractivity contribution in [1.29, 1.82) is 0 Å². The third kappa shape index (κ3) is 3.97. The van der Waals surface area contributed by atoms with Gasteiger partial charge < -0.3 is 24.9 Å². The van der Waals surface area contributed by atoms with Crippen molar-refractivity contribution in [3.63, 3.8) is 0 Å². The summed E-state index contributed by atoms with van der Waals surface area (Å²) in [6, 6.07) is 22.8. The van der Waals surface area contributed by atoms with Crippen molar-refractivity contribution >= 4 is 28.5 Å². The summed E-state index contributed by atoms with van der Waals surface area (Å²) >= 11 is 0. The standard InChI is InChI=1S/C26H20N2O6/c27-20(29)14-32-17-12-10-15(11-13-17)21-22-23(18-8-4-5-9-19(18)33-26(22)31)34-24(21)25(30)28-16-6-2-1-3-7-16/h1-13,21,24H,14H2,(H2,27,29)(H,28,30)/t21-,24-/m1/s1. The molecule has 3 aromatic carbocycles. The summed E-state index contributed by atoms with van der Waals surface area (Å²) in [7, 11) is 0. The van der Waals surface area contributed by atoms with Gasteiger partial charge in [-0.2, -0.15) is 0 Å². The van der Waals surface area contributed by atoms with Crippen molar-refractivity contribution in [2.45, 2.75) is 12.0 Å². The number of hydrogen-bond donors (Lipinski definition) is 2. The van der Waals surface area contributed by atoms with Gasteiger partial charge >= 0.3 is 5.63 Å². The molecule has 0 fully saturated rings. The SMILES string of the molecule is NC(=O)COc1ccc([C@@H]2c3c(c4ccccc4oc3=O)O[C@H]2C(=O)Nc2ccccc2)cc1. The van der Waals surface area contributed by atoms with Crippen LogP contribution in [0.2, 0.25) is 0 Å². The molecule has 0 unspecified atom stereocenters. The van der Waals surface area contributed by atoms with E-state index in [9.17, 15) is 14.4 Å². The van der Waals surface area contributed by atoms with Crippen molar-refractivity contribution in [2.75, 3.05) is 11.9 Å². The van der Waals surface area contributed by atoms with Crippen LogP contribution in [0.5, 0.6) is 11.5 Å². The molecule has 8 heteroatoms. The highest BCUT2D eigenvalue weighted by Gasteiger charge is 2.44. The molecular formula is C26H20N2O6. The number of fused-ring (bicyclic) bond motifs is 3. The van der Waals surface area contributed by atoms with Crippen molar-refractivity contribution in [3.05, 3.63) is 100 Å². The van der Waals surface area contributed by atoms with E-state index in [0.29, 0.717) is 33.7 Å². The van der Waals surface area contributed by atoms with E-state index in [4.69, 9.17) is 19.6 Å². The van der Waals surface area contributed by atoms with Gasteiger partial charge in [0.15, 0.2) is 12.7 Å². The smallest absolute Gasteiger partial charge is 0.344 e. The summed E-state index contributed by atoms with van der Waals surface area (Å²) in [6.07, 6.45) is -1.01. The molecule has 2 atom stereocenters. The number of carbonyl (C=O) groups is 2. The second-order valence-corrected chi connectivity index (χ2v) is 7.82. The number of nitrogens with two attached hydrogens (primary N) is 1. The molecule has 34 heavy (non-hydrogen) atoms. The quantitative estimate of drug-likeness (QED) is 0.430. The predicted molar refractivity (Wildman–Crippen MR) is 125 cm³/mol. The topological polar surface area (TPSA) is 121 Å². The minimum Gasteiger partial charge on any atom is -0.484 e. The Morgan fingerprint density at radius 1 is 0.941 bits per heavy atom. The Kier molecular flexibility index (Phi) is 5.47. The number of primary amides is 1. The Morgan fingerprint density at radius 2 is 1.65 bits per heavy atom. The van der Waals surface area contributed by atoms with Crippen molar-refractivity contribution < 1.29 is 23.5 Å². The Bertz CT molecular complexity index is 1430. The lowest BCUT2D eigenvalue weighted by molar-refractivity contribution is -0.122. The minimum absolute atomic E-state index is 0.258. The normalized spacial score (nSPS) is 16.5. The minimum atomic E-state index is -1.01. The van der Waals surface area contributed by atoms with Gasteiger partial charge in [0.2, 0.25) is 0 Å². The predicted octanol–water partition coefficient (Wildman–Crippen LogP) is 3.19. The Labute approximate surface area is 193 Å². The number of amides is 2. The summed E-state index contributed by atoms with van der Waals surface area (Å²) in [5.41, 5.74) is 6.48. The van der Waals surface area contributed by atoms with E-state index < -0.39 is 29.5 Å². The highest BCUT2D eigenvalue weighted by molar-refractivity contribution is 5.97. The third-order valence-electron chi connectivity index (χ3n) is 5.58. The molecule has 4 aromatic rings. The number of rotatable bonds is 6. The maximum Gasteiger partial charge on any atom is 0.344 e. The van der Waals surface area contributed by atoms with Gasteiger partial charge in [-0.3, -0.25) is 9.59 Å². The Hall–Kier alpha value is -4.59. The molecule has 0 spiro atoms. The first kappa shape index (κ1) is 21.3. The molecule has 1 aliphatic heterocycles. The molecule has 1 aliphatic rings. The molecule has 0 saturated carbocycles. The highest BCUT2D eigenvalue weighted by Crippen LogP contribution is 2.44. The summed E-state index contributed by atoms with van der Waals surface area (Å²) < 4.78 is 17.0. The number of anilines is 1. The maximum atomic E-state index is 13.3. The van der Waals surface area contributed by atoms with E-state index in [1.54, 1.807) is 54.6 Å². The van der Waals surface area contributed by atoms with E-state index >= 15 is 0 Å². The average molecular weight is 456 g/mol. The molecule has 8 nitrogen and oxygen atoms in total. The molecule has 5 rings (SSSR count). The number of hydrogen-bond acceptors (Lipinski definition) is 6. The van der Waals surface area contributed by atoms with Crippen LogP contribution in [0.3, 0.4) is 0 Å². The number of para-hydroxylation sites is 2. The van der Waals surface area contributed by atoms with E-state index in [-0.39, 0.29) is 12.2 Å². The second kappa shape index (κ2) is 8.74. The third-order valence-corrected chi connectivity index (χ3v) is 5.58. The van der Waals surface area contributed by atoms with Gasteiger partial charge in [-0.15, -0.1) is 0 Å². The molecular weight excluding hydrogens is 436 g/mol. The van der Waals surface area contributed by atoms with Gasteiger partial charge in [-0.1, -0.05) is 42.5 Å². The fourth-order valence-electron chi connectivity index (χ4n) is 4.08. The first-order valence-corrected chi connectivity index (χ1v) is 10.6. The number of carbonyl (C=O) groups excluding carboxylic acids is 2. The van der Waals surface area contributed by atoms with Crippen molar-refractivity contribution in [2.24, 2.45) is 5.73 Å². The van der Waals surface area contributed by atoms with E-state index in [1.807, 2.05) is 24.3 Å². The second-order valence-electron chi connectivity index (χ2n) is 7.82. The summed E-state index contributed by atoms with van der Waals surface area (Å²) in [5.74, 6) is -0.948. The summed E-state index contributed by atoms with van der Waals surface area (Å²) in [5, 5.41) is 3.47. The molecule has 0 radical (unpaired) electrons. The van der Waals surface area contributed by atoms with Gasteiger partial charge in [-0.05, 0) is 42.0 Å². The van der Waals surface area contributed by atoms with Crippen LogP contribution in [0.4, 0.5) is 5.69 Å². The molecule has 2 heterocycles. The lowest BCUT2D eigenvalue weighted by Gasteiger charge is -2.19. The fourth-order valence-corrected chi connectivity index (χ4v) is 4.08. The molecule has 0 saturated heterocycles. The zero-order valence-electron chi connectivity index (χ0n) is 17.9. The molecule has 0 aliphatic carbocycles. The lowest BCUT2D eigenvalue weighted by Crippen LogP contribution is -2.35. The Balaban J connectivity index is 1.57. The molecule has 0 bridgehead atoms. The van der Waals surface area contributed by atoms with Gasteiger partial charge in [0.25, 0.3) is 11.8 Å². The monoisotopic (exact) mass is 456 g/mol. The fraction of sp³-hybridized carbons (Fsp3) is 0.115. The van der Waals surface area contributed by atoms with E-state index in [1.165, 1.54) is 0 Å². The van der Waals surface area contributed by atoms with E-state index in [0.717, 1.165) is 0 Å². The van der Waals surface area contributed by atoms with Gasteiger partial charge in [0.05, 0.1) is 16.9 Å². The first-order valence-electron chi connectivity index (χ1n) is 10.6. The maximum absolute atomic E-state index is 13.3. The number of ether oxygens (including phenoxy) is 2. The molecule has 3 N–H and O–H groups in total. The zero-order valence-corrected chi connectivity index (χ0v) is 17.9. The van der Waals surface area contributed by atoms with Crippen LogP contribution in [0.25, 0.3) is 11.0 Å². The first-order chi connectivity index (χ1) is 16.5. The highest BCUT2D eigenvalue weighted by atomic mass is 16.5.